The molecule has 1 aromatic carbocycles. The molecule has 0 fully saturated rings. The van der Waals surface area contributed by atoms with Crippen molar-refractivity contribution in [3.05, 3.63) is 47.9 Å². The number of nitrogens with zero attached hydrogens (tertiary/aromatic N) is 3. The van der Waals surface area contributed by atoms with E-state index in [1.165, 1.54) is 30.5 Å². The predicted octanol–water partition coefficient (Wildman–Crippen LogP) is 2.31. The highest BCUT2D eigenvalue weighted by atomic mass is 32.2. The Balaban J connectivity index is 1.88. The van der Waals surface area contributed by atoms with Crippen LogP contribution in [-0.2, 0) is 10.0 Å². The largest absolute Gasteiger partial charge is 0.469 e. The predicted molar refractivity (Wildman–Crippen MR) is 78.7 cm³/mol. The first-order valence-electron chi connectivity index (χ1n) is 6.40. The normalized spacial score (nSPS) is 11.1. The van der Waals surface area contributed by atoms with Crippen molar-refractivity contribution >= 4 is 16.0 Å². The number of anilines is 1. The first-order valence-corrected chi connectivity index (χ1v) is 7.89. The van der Waals surface area contributed by atoms with Gasteiger partial charge in [0.15, 0.2) is 0 Å². The molecular weight excluding hydrogens is 320 g/mol. The van der Waals surface area contributed by atoms with Gasteiger partial charge in [-0.05, 0) is 31.2 Å². The molecule has 0 aliphatic heterocycles. The molecule has 0 unspecified atom stereocenters. The third-order valence-electron chi connectivity index (χ3n) is 3.01. The molecule has 3 rings (SSSR count). The first-order chi connectivity index (χ1) is 11.0. The minimum absolute atomic E-state index is 0.0733. The molecule has 0 radical (unpaired) electrons. The zero-order valence-corrected chi connectivity index (χ0v) is 12.7. The molecule has 0 amide bonds. The molecule has 0 saturated carbocycles. The van der Waals surface area contributed by atoms with Crippen LogP contribution in [0, 0.1) is 18.3 Å². The second-order valence-electron chi connectivity index (χ2n) is 4.55. The third kappa shape index (κ3) is 2.93. The summed E-state index contributed by atoms with van der Waals surface area (Å²) in [6, 6.07) is 8.83. The van der Waals surface area contributed by atoms with E-state index in [1.54, 1.807) is 13.0 Å². The number of benzene rings is 1. The number of nitrogens with one attached hydrogen (secondary N) is 1. The average Bonchev–Trinajstić information content (AvgIpc) is 3.15. The summed E-state index contributed by atoms with van der Waals surface area (Å²) in [5.41, 5.74) is 0.808. The molecule has 116 valence electrons. The SMILES string of the molecule is Cc1occc1-c1nnc(NS(=O)(=O)c2cccc(C#N)c2)o1. The smallest absolute Gasteiger partial charge is 0.330 e. The molecule has 0 spiro atoms. The van der Waals surface area contributed by atoms with E-state index in [1.807, 2.05) is 6.07 Å². The molecule has 2 heterocycles. The fourth-order valence-corrected chi connectivity index (χ4v) is 2.86. The van der Waals surface area contributed by atoms with Crippen molar-refractivity contribution in [3.63, 3.8) is 0 Å². The summed E-state index contributed by atoms with van der Waals surface area (Å²) < 4.78 is 37.1. The number of hydrogen-bond donors (Lipinski definition) is 1. The second kappa shape index (κ2) is 5.58. The fourth-order valence-electron chi connectivity index (χ4n) is 1.89. The van der Waals surface area contributed by atoms with Crippen LogP contribution in [0.3, 0.4) is 0 Å². The van der Waals surface area contributed by atoms with Crippen LogP contribution in [0.5, 0.6) is 0 Å². The van der Waals surface area contributed by atoms with Crippen LogP contribution < -0.4 is 4.72 Å². The van der Waals surface area contributed by atoms with Gasteiger partial charge in [-0.3, -0.25) is 0 Å². The molecule has 0 aliphatic carbocycles. The molecule has 1 N–H and O–H groups in total. The molecular formula is C14H10N4O4S. The van der Waals surface area contributed by atoms with E-state index in [0.29, 0.717) is 11.3 Å². The van der Waals surface area contributed by atoms with Crippen molar-refractivity contribution in [2.75, 3.05) is 4.72 Å². The van der Waals surface area contributed by atoms with Crippen LogP contribution in [0.25, 0.3) is 11.5 Å². The highest BCUT2D eigenvalue weighted by Crippen LogP contribution is 2.25. The Bertz CT molecular complexity index is 998. The maximum Gasteiger partial charge on any atom is 0.330 e. The zero-order valence-electron chi connectivity index (χ0n) is 11.8. The average molecular weight is 330 g/mol. The van der Waals surface area contributed by atoms with Crippen LogP contribution in [0.1, 0.15) is 11.3 Å². The summed E-state index contributed by atoms with van der Waals surface area (Å²) in [4.78, 5) is -0.0733. The van der Waals surface area contributed by atoms with Gasteiger partial charge in [-0.1, -0.05) is 11.2 Å². The first kappa shape index (κ1) is 14.8. The maximum atomic E-state index is 12.3. The van der Waals surface area contributed by atoms with Crippen molar-refractivity contribution < 1.29 is 17.3 Å². The van der Waals surface area contributed by atoms with Crippen LogP contribution in [0.4, 0.5) is 6.01 Å². The van der Waals surface area contributed by atoms with Crippen LogP contribution in [0.2, 0.25) is 0 Å². The molecule has 8 nitrogen and oxygen atoms in total. The van der Waals surface area contributed by atoms with E-state index in [-0.39, 0.29) is 22.4 Å². The number of nitriles is 1. The number of rotatable bonds is 4. The maximum absolute atomic E-state index is 12.3. The quantitative estimate of drug-likeness (QED) is 0.778. The van der Waals surface area contributed by atoms with Gasteiger partial charge in [0.05, 0.1) is 28.4 Å². The Morgan fingerprint density at radius 1 is 1.26 bits per heavy atom. The van der Waals surface area contributed by atoms with E-state index in [2.05, 4.69) is 14.9 Å². The molecule has 0 atom stereocenters. The van der Waals surface area contributed by atoms with Gasteiger partial charge >= 0.3 is 6.01 Å². The summed E-state index contributed by atoms with van der Waals surface area (Å²) in [6.45, 7) is 1.72. The van der Waals surface area contributed by atoms with Crippen LogP contribution in [-0.4, -0.2) is 18.6 Å². The number of sulfonamides is 1. The van der Waals surface area contributed by atoms with Crippen molar-refractivity contribution in [3.8, 4) is 17.5 Å². The Kier molecular flexibility index (Phi) is 3.59. The van der Waals surface area contributed by atoms with Gasteiger partial charge in [-0.25, -0.2) is 13.1 Å². The van der Waals surface area contributed by atoms with Crippen molar-refractivity contribution in [1.82, 2.24) is 10.2 Å². The lowest BCUT2D eigenvalue weighted by Gasteiger charge is -2.03. The number of furan rings is 1. The summed E-state index contributed by atoms with van der Waals surface area (Å²) in [7, 11) is -3.93. The molecule has 3 aromatic rings. The Hall–Kier alpha value is -3.12. The minimum atomic E-state index is -3.93. The molecule has 0 aliphatic rings. The zero-order chi connectivity index (χ0) is 16.4. The number of hydrogen-bond acceptors (Lipinski definition) is 7. The lowest BCUT2D eigenvalue weighted by molar-refractivity contribution is 0.531. The number of aromatic nitrogens is 2. The number of aryl methyl sites for hydroxylation is 1. The van der Waals surface area contributed by atoms with Gasteiger partial charge in [0.1, 0.15) is 5.76 Å². The van der Waals surface area contributed by atoms with Gasteiger partial charge in [0.2, 0.25) is 0 Å². The molecule has 2 aromatic heterocycles. The van der Waals surface area contributed by atoms with Gasteiger partial charge in [0, 0.05) is 0 Å². The Morgan fingerprint density at radius 3 is 2.78 bits per heavy atom. The topological polar surface area (TPSA) is 122 Å². The van der Waals surface area contributed by atoms with Crippen LogP contribution >= 0.6 is 0 Å². The standard InChI is InChI=1S/C14H10N4O4S/c1-9-12(5-6-21-9)13-16-17-14(22-13)18-23(19,20)11-4-2-3-10(7-11)8-15/h2-7H,1H3,(H,17,18). The van der Waals surface area contributed by atoms with Gasteiger partial charge in [-0.2, -0.15) is 5.26 Å². The van der Waals surface area contributed by atoms with Crippen molar-refractivity contribution in [1.29, 1.82) is 5.26 Å². The van der Waals surface area contributed by atoms with Crippen LogP contribution in [0.15, 0.2) is 50.3 Å². The van der Waals surface area contributed by atoms with E-state index >= 15 is 0 Å². The van der Waals surface area contributed by atoms with Gasteiger partial charge in [0.25, 0.3) is 15.9 Å². The highest BCUT2D eigenvalue weighted by Gasteiger charge is 2.20. The lowest BCUT2D eigenvalue weighted by atomic mass is 10.2. The molecule has 0 saturated heterocycles. The second-order valence-corrected chi connectivity index (χ2v) is 6.23. The fraction of sp³-hybridized carbons (Fsp3) is 0.0714. The summed E-state index contributed by atoms with van der Waals surface area (Å²) in [5.74, 6) is 0.713. The van der Waals surface area contributed by atoms with E-state index in [4.69, 9.17) is 14.1 Å². The third-order valence-corrected chi connectivity index (χ3v) is 4.33. The summed E-state index contributed by atoms with van der Waals surface area (Å²) in [6.07, 6.45) is 1.46. The van der Waals surface area contributed by atoms with E-state index < -0.39 is 10.0 Å². The molecule has 0 bridgehead atoms. The summed E-state index contributed by atoms with van der Waals surface area (Å²) >= 11 is 0. The Labute approximate surface area is 131 Å². The van der Waals surface area contributed by atoms with E-state index in [0.717, 1.165) is 0 Å². The van der Waals surface area contributed by atoms with Gasteiger partial charge in [-0.15, -0.1) is 5.10 Å². The molecule has 23 heavy (non-hydrogen) atoms. The Morgan fingerprint density at radius 2 is 2.09 bits per heavy atom. The highest BCUT2D eigenvalue weighted by molar-refractivity contribution is 7.92. The van der Waals surface area contributed by atoms with E-state index in [9.17, 15) is 8.42 Å². The van der Waals surface area contributed by atoms with Crippen molar-refractivity contribution in [2.45, 2.75) is 11.8 Å². The van der Waals surface area contributed by atoms with Gasteiger partial charge < -0.3 is 8.83 Å². The van der Waals surface area contributed by atoms with Crippen molar-refractivity contribution in [2.24, 2.45) is 0 Å². The monoisotopic (exact) mass is 330 g/mol. The summed E-state index contributed by atoms with van der Waals surface area (Å²) in [5, 5.41) is 16.3. The molecule has 9 heteroatoms. The lowest BCUT2D eigenvalue weighted by Crippen LogP contribution is -2.13. The minimum Gasteiger partial charge on any atom is -0.469 e.